The molecule has 2 atom stereocenters. The van der Waals surface area contributed by atoms with Gasteiger partial charge in [0.25, 0.3) is 0 Å². The van der Waals surface area contributed by atoms with Gasteiger partial charge in [-0.05, 0) is 37.6 Å². The average molecular weight is 366 g/mol. The smallest absolute Gasteiger partial charge is 0.211 e. The lowest BCUT2D eigenvalue weighted by atomic mass is 9.98. The van der Waals surface area contributed by atoms with Gasteiger partial charge in [0, 0.05) is 24.1 Å². The van der Waals surface area contributed by atoms with E-state index in [4.69, 9.17) is 13.9 Å². The molecule has 1 fully saturated rings. The van der Waals surface area contributed by atoms with Crippen LogP contribution in [0.1, 0.15) is 13.3 Å². The highest BCUT2D eigenvalue weighted by Crippen LogP contribution is 2.23. The fourth-order valence-electron chi connectivity index (χ4n) is 2.71. The van der Waals surface area contributed by atoms with Crippen LogP contribution in [0.15, 0.2) is 41.3 Å². The summed E-state index contributed by atoms with van der Waals surface area (Å²) in [7, 11) is -3.24. The minimum atomic E-state index is -3.24. The van der Waals surface area contributed by atoms with Crippen LogP contribution in [0.3, 0.4) is 0 Å². The lowest BCUT2D eigenvalue weighted by Crippen LogP contribution is -2.47. The van der Waals surface area contributed by atoms with Crippen molar-refractivity contribution in [2.24, 2.45) is 5.92 Å². The molecule has 0 saturated carbocycles. The van der Waals surface area contributed by atoms with Crippen molar-refractivity contribution in [1.82, 2.24) is 9.71 Å². The normalized spacial score (nSPS) is 21.2. The SMILES string of the molecule is CCS(=O)(=O)NC1CCOCC1COc1ccc(-c2cnco2)cc1. The molecule has 136 valence electrons. The van der Waals surface area contributed by atoms with Crippen molar-refractivity contribution >= 4 is 10.0 Å². The quantitative estimate of drug-likeness (QED) is 0.807. The first-order valence-electron chi connectivity index (χ1n) is 8.27. The van der Waals surface area contributed by atoms with E-state index >= 15 is 0 Å². The zero-order valence-corrected chi connectivity index (χ0v) is 14.9. The van der Waals surface area contributed by atoms with Crippen LogP contribution in [0.2, 0.25) is 0 Å². The molecular weight excluding hydrogens is 344 g/mol. The zero-order valence-electron chi connectivity index (χ0n) is 14.1. The largest absolute Gasteiger partial charge is 0.493 e. The number of hydrogen-bond donors (Lipinski definition) is 1. The summed E-state index contributed by atoms with van der Waals surface area (Å²) in [5.74, 6) is 1.46. The van der Waals surface area contributed by atoms with Gasteiger partial charge in [-0.25, -0.2) is 18.1 Å². The van der Waals surface area contributed by atoms with E-state index in [9.17, 15) is 8.42 Å². The first kappa shape index (κ1) is 17.9. The van der Waals surface area contributed by atoms with Crippen molar-refractivity contribution in [1.29, 1.82) is 0 Å². The fraction of sp³-hybridized carbons (Fsp3) is 0.471. The molecule has 0 amide bonds. The van der Waals surface area contributed by atoms with E-state index in [0.29, 0.717) is 37.8 Å². The number of aromatic nitrogens is 1. The van der Waals surface area contributed by atoms with E-state index in [1.54, 1.807) is 13.1 Å². The Kier molecular flexibility index (Phi) is 5.72. The van der Waals surface area contributed by atoms with Crippen molar-refractivity contribution in [2.75, 3.05) is 25.6 Å². The molecule has 25 heavy (non-hydrogen) atoms. The first-order chi connectivity index (χ1) is 12.1. The molecule has 3 rings (SSSR count). The first-order valence-corrected chi connectivity index (χ1v) is 9.92. The van der Waals surface area contributed by atoms with Gasteiger partial charge in [-0.3, -0.25) is 0 Å². The van der Waals surface area contributed by atoms with Crippen LogP contribution in [0, 0.1) is 5.92 Å². The summed E-state index contributed by atoms with van der Waals surface area (Å²) in [5.41, 5.74) is 0.916. The monoisotopic (exact) mass is 366 g/mol. The number of oxazole rings is 1. The number of hydrogen-bond acceptors (Lipinski definition) is 6. The van der Waals surface area contributed by atoms with Gasteiger partial charge in [0.15, 0.2) is 12.2 Å². The van der Waals surface area contributed by atoms with Gasteiger partial charge in [0.05, 0.1) is 25.2 Å². The average Bonchev–Trinajstić information content (AvgIpc) is 3.16. The molecule has 1 aromatic heterocycles. The minimum absolute atomic E-state index is 0.0241. The molecule has 0 aliphatic carbocycles. The van der Waals surface area contributed by atoms with E-state index in [0.717, 1.165) is 5.56 Å². The molecule has 0 bridgehead atoms. The van der Waals surface area contributed by atoms with E-state index in [-0.39, 0.29) is 17.7 Å². The van der Waals surface area contributed by atoms with Crippen molar-refractivity contribution in [2.45, 2.75) is 19.4 Å². The standard InChI is InChI=1S/C17H22N2O5S/c1-2-25(20,21)19-16-7-8-22-10-14(16)11-23-15-5-3-13(4-6-15)17-9-18-12-24-17/h3-6,9,12,14,16,19H,2,7-8,10-11H2,1H3. The lowest BCUT2D eigenvalue weighted by molar-refractivity contribution is 0.0186. The van der Waals surface area contributed by atoms with E-state index in [1.165, 1.54) is 6.39 Å². The Morgan fingerprint density at radius 1 is 1.32 bits per heavy atom. The van der Waals surface area contributed by atoms with Crippen LogP contribution >= 0.6 is 0 Å². The Labute approximate surface area is 147 Å². The van der Waals surface area contributed by atoms with Gasteiger partial charge in [-0.2, -0.15) is 0 Å². The molecule has 0 radical (unpaired) electrons. The lowest BCUT2D eigenvalue weighted by Gasteiger charge is -2.31. The van der Waals surface area contributed by atoms with E-state index in [1.807, 2.05) is 24.3 Å². The molecule has 2 unspecified atom stereocenters. The summed E-state index contributed by atoms with van der Waals surface area (Å²) < 4.78 is 43.0. The Morgan fingerprint density at radius 2 is 2.12 bits per heavy atom. The van der Waals surface area contributed by atoms with Gasteiger partial charge < -0.3 is 13.9 Å². The highest BCUT2D eigenvalue weighted by Gasteiger charge is 2.29. The predicted molar refractivity (Wildman–Crippen MR) is 92.7 cm³/mol. The van der Waals surface area contributed by atoms with Crippen LogP contribution in [-0.2, 0) is 14.8 Å². The molecule has 1 saturated heterocycles. The number of rotatable bonds is 7. The Bertz CT molecular complexity index is 759. The summed E-state index contributed by atoms with van der Waals surface area (Å²) in [6.07, 6.45) is 3.69. The Balaban J connectivity index is 1.59. The third-order valence-corrected chi connectivity index (χ3v) is 5.64. The van der Waals surface area contributed by atoms with Crippen LogP contribution in [0.5, 0.6) is 5.75 Å². The number of nitrogens with zero attached hydrogens (tertiary/aromatic N) is 1. The summed E-state index contributed by atoms with van der Waals surface area (Å²) in [6, 6.07) is 7.33. The maximum atomic E-state index is 11.8. The second-order valence-electron chi connectivity index (χ2n) is 5.95. The van der Waals surface area contributed by atoms with Gasteiger partial charge >= 0.3 is 0 Å². The van der Waals surface area contributed by atoms with Gasteiger partial charge in [-0.15, -0.1) is 0 Å². The molecule has 0 spiro atoms. The molecule has 7 nitrogen and oxygen atoms in total. The second-order valence-corrected chi connectivity index (χ2v) is 8.00. The molecule has 8 heteroatoms. The molecule has 2 heterocycles. The zero-order chi connectivity index (χ0) is 17.7. The minimum Gasteiger partial charge on any atom is -0.493 e. The summed E-state index contributed by atoms with van der Waals surface area (Å²) in [6.45, 7) is 3.05. The number of ether oxygens (including phenoxy) is 2. The van der Waals surface area contributed by atoms with Crippen LogP contribution < -0.4 is 9.46 Å². The molecule has 1 aliphatic rings. The fourth-order valence-corrected chi connectivity index (χ4v) is 3.65. The Hall–Kier alpha value is -1.90. The second kappa shape index (κ2) is 7.99. The maximum Gasteiger partial charge on any atom is 0.211 e. The highest BCUT2D eigenvalue weighted by atomic mass is 32.2. The number of nitrogens with one attached hydrogen (secondary N) is 1. The number of sulfonamides is 1. The molecule has 1 aromatic carbocycles. The van der Waals surface area contributed by atoms with Crippen molar-refractivity contribution in [3.05, 3.63) is 36.9 Å². The van der Waals surface area contributed by atoms with Crippen LogP contribution in [0.4, 0.5) is 0 Å². The summed E-state index contributed by atoms with van der Waals surface area (Å²) in [5, 5.41) is 0. The van der Waals surface area contributed by atoms with Gasteiger partial charge in [0.1, 0.15) is 5.75 Å². The summed E-state index contributed by atoms with van der Waals surface area (Å²) >= 11 is 0. The number of benzene rings is 1. The van der Waals surface area contributed by atoms with Crippen molar-refractivity contribution in [3.63, 3.8) is 0 Å². The van der Waals surface area contributed by atoms with Gasteiger partial charge in [0.2, 0.25) is 10.0 Å². The maximum absolute atomic E-state index is 11.8. The Morgan fingerprint density at radius 3 is 2.80 bits per heavy atom. The van der Waals surface area contributed by atoms with Gasteiger partial charge in [-0.1, -0.05) is 0 Å². The van der Waals surface area contributed by atoms with Crippen LogP contribution in [-0.4, -0.2) is 45.0 Å². The molecule has 2 aromatic rings. The van der Waals surface area contributed by atoms with E-state index < -0.39 is 10.0 Å². The van der Waals surface area contributed by atoms with Crippen LogP contribution in [0.25, 0.3) is 11.3 Å². The highest BCUT2D eigenvalue weighted by molar-refractivity contribution is 7.89. The molecular formula is C17H22N2O5S. The molecule has 1 aliphatic heterocycles. The molecule has 1 N–H and O–H groups in total. The van der Waals surface area contributed by atoms with E-state index in [2.05, 4.69) is 9.71 Å². The summed E-state index contributed by atoms with van der Waals surface area (Å²) in [4.78, 5) is 3.90. The third-order valence-electron chi connectivity index (χ3n) is 4.22. The predicted octanol–water partition coefficient (Wildman–Crippen LogP) is 2.06. The third kappa shape index (κ3) is 4.81. The van der Waals surface area contributed by atoms with Crippen molar-refractivity contribution in [3.8, 4) is 17.1 Å². The van der Waals surface area contributed by atoms with Crippen molar-refractivity contribution < 1.29 is 22.3 Å². The topological polar surface area (TPSA) is 90.7 Å².